The molecule has 1 fully saturated rings. The highest BCUT2D eigenvalue weighted by atomic mass is 19.1. The molecule has 3 rings (SSSR count). The van der Waals surface area contributed by atoms with Gasteiger partial charge in [0.15, 0.2) is 0 Å². The zero-order valence-corrected chi connectivity index (χ0v) is 10.4. The lowest BCUT2D eigenvalue weighted by molar-refractivity contribution is -0.0413. The van der Waals surface area contributed by atoms with E-state index in [1.54, 1.807) is 0 Å². The molecule has 3 atom stereocenters. The van der Waals surface area contributed by atoms with Crippen molar-refractivity contribution in [1.82, 2.24) is 10.2 Å². The first-order chi connectivity index (χ1) is 9.49. The number of benzene rings is 1. The predicted octanol–water partition coefficient (Wildman–Crippen LogP) is -0.190. The van der Waals surface area contributed by atoms with Crippen molar-refractivity contribution >= 4 is 11.8 Å². The first-order valence-corrected chi connectivity index (χ1v) is 6.28. The minimum absolute atomic E-state index is 0.00771. The number of aliphatic hydroxyl groups is 2. The number of carbonyl (C=O) groups is 2. The molecule has 7 heteroatoms. The molecule has 6 nitrogen and oxygen atoms in total. The van der Waals surface area contributed by atoms with Crippen LogP contribution in [0.25, 0.3) is 0 Å². The van der Waals surface area contributed by atoms with Gasteiger partial charge < -0.3 is 10.2 Å². The van der Waals surface area contributed by atoms with Gasteiger partial charge in [0, 0.05) is 0 Å². The Labute approximate surface area is 113 Å². The Bertz CT molecular complexity index is 592. The number of fused-ring (bicyclic) bond motifs is 1. The van der Waals surface area contributed by atoms with E-state index in [9.17, 15) is 24.2 Å². The Balaban J connectivity index is 1.93. The summed E-state index contributed by atoms with van der Waals surface area (Å²) in [6.07, 6.45) is -1.48. The lowest BCUT2D eigenvalue weighted by atomic mass is 10.0. The van der Waals surface area contributed by atoms with E-state index < -0.39 is 36.1 Å². The Morgan fingerprint density at radius 1 is 1.15 bits per heavy atom. The molecule has 2 aliphatic rings. The van der Waals surface area contributed by atoms with Crippen LogP contribution in [0, 0.1) is 5.82 Å². The van der Waals surface area contributed by atoms with Crippen LogP contribution < -0.4 is 5.32 Å². The van der Waals surface area contributed by atoms with Crippen LogP contribution >= 0.6 is 0 Å². The second-order valence-corrected chi connectivity index (χ2v) is 4.94. The van der Waals surface area contributed by atoms with E-state index in [2.05, 4.69) is 5.32 Å². The fourth-order valence-electron chi connectivity index (χ4n) is 2.68. The normalized spacial score (nSPS) is 29.8. The number of rotatable bonds is 1. The van der Waals surface area contributed by atoms with Crippen LogP contribution in [0.5, 0.6) is 0 Å². The van der Waals surface area contributed by atoms with E-state index in [0.29, 0.717) is 6.42 Å². The highest BCUT2D eigenvalue weighted by Gasteiger charge is 2.44. The number of halogens is 1. The number of hydrogen-bond acceptors (Lipinski definition) is 5. The van der Waals surface area contributed by atoms with E-state index in [1.807, 2.05) is 0 Å². The quantitative estimate of drug-likeness (QED) is 0.620. The molecule has 0 radical (unpaired) electrons. The van der Waals surface area contributed by atoms with E-state index in [4.69, 9.17) is 0 Å². The molecule has 0 aliphatic carbocycles. The van der Waals surface area contributed by atoms with Crippen molar-refractivity contribution in [2.24, 2.45) is 0 Å². The zero-order valence-electron chi connectivity index (χ0n) is 10.4. The molecule has 3 unspecified atom stereocenters. The number of carbonyl (C=O) groups excluding carboxylic acids is 2. The van der Waals surface area contributed by atoms with Gasteiger partial charge >= 0.3 is 0 Å². The molecule has 20 heavy (non-hydrogen) atoms. The molecule has 0 spiro atoms. The lowest BCUT2D eigenvalue weighted by Gasteiger charge is -2.36. The third kappa shape index (κ3) is 1.91. The van der Waals surface area contributed by atoms with Crippen molar-refractivity contribution in [3.8, 4) is 0 Å². The molecule has 2 amide bonds. The molecular formula is C13H13FN2O4. The van der Waals surface area contributed by atoms with Crippen molar-refractivity contribution < 1.29 is 24.2 Å². The summed E-state index contributed by atoms with van der Waals surface area (Å²) < 4.78 is 13.2. The van der Waals surface area contributed by atoms with Gasteiger partial charge in [-0.3, -0.25) is 19.8 Å². The molecule has 1 aromatic rings. The maximum atomic E-state index is 13.2. The van der Waals surface area contributed by atoms with Crippen LogP contribution in [0.2, 0.25) is 0 Å². The smallest absolute Gasteiger partial charge is 0.262 e. The molecule has 0 aromatic heterocycles. The van der Waals surface area contributed by atoms with Gasteiger partial charge in [0.1, 0.15) is 18.3 Å². The van der Waals surface area contributed by atoms with Crippen molar-refractivity contribution in [1.29, 1.82) is 0 Å². The number of hydrogen-bond donors (Lipinski definition) is 3. The van der Waals surface area contributed by atoms with Crippen LogP contribution in [0.4, 0.5) is 4.39 Å². The highest BCUT2D eigenvalue weighted by molar-refractivity contribution is 6.21. The molecule has 106 valence electrons. The maximum Gasteiger partial charge on any atom is 0.262 e. The second kappa shape index (κ2) is 4.62. The molecule has 2 aliphatic heterocycles. The molecule has 1 aromatic carbocycles. The van der Waals surface area contributed by atoms with Gasteiger partial charge in [0.05, 0.1) is 17.2 Å². The minimum Gasteiger partial charge on any atom is -0.379 e. The molecule has 2 heterocycles. The van der Waals surface area contributed by atoms with Gasteiger partial charge in [-0.2, -0.15) is 0 Å². The summed E-state index contributed by atoms with van der Waals surface area (Å²) in [5, 5.41) is 21.7. The van der Waals surface area contributed by atoms with Gasteiger partial charge in [-0.25, -0.2) is 4.39 Å². The third-order valence-corrected chi connectivity index (χ3v) is 3.68. The molecule has 3 N–H and O–H groups in total. The molecule has 1 saturated heterocycles. The topological polar surface area (TPSA) is 89.9 Å². The van der Waals surface area contributed by atoms with Crippen molar-refractivity contribution in [2.75, 3.05) is 0 Å². The Kier molecular flexibility index (Phi) is 3.04. The molecule has 0 bridgehead atoms. The number of piperidine rings is 1. The number of nitrogens with one attached hydrogen (secondary N) is 1. The average molecular weight is 280 g/mol. The lowest BCUT2D eigenvalue weighted by Crippen LogP contribution is -2.58. The van der Waals surface area contributed by atoms with Crippen LogP contribution in [0.1, 0.15) is 33.6 Å². The molecule has 0 saturated carbocycles. The summed E-state index contributed by atoms with van der Waals surface area (Å²) in [7, 11) is 0. The third-order valence-electron chi connectivity index (χ3n) is 3.68. The number of nitrogens with zero attached hydrogens (tertiary/aromatic N) is 1. The number of imide groups is 1. The van der Waals surface area contributed by atoms with Gasteiger partial charge in [0.25, 0.3) is 11.8 Å². The summed E-state index contributed by atoms with van der Waals surface area (Å²) in [5.74, 6) is -1.76. The van der Waals surface area contributed by atoms with Crippen LogP contribution in [0.15, 0.2) is 18.2 Å². The second-order valence-electron chi connectivity index (χ2n) is 4.94. The Hall–Kier alpha value is -1.83. The van der Waals surface area contributed by atoms with Gasteiger partial charge in [-0.05, 0) is 31.0 Å². The zero-order chi connectivity index (χ0) is 14.4. The van der Waals surface area contributed by atoms with E-state index >= 15 is 0 Å². The van der Waals surface area contributed by atoms with Crippen molar-refractivity contribution in [3.63, 3.8) is 0 Å². The minimum atomic E-state index is -1.20. The average Bonchev–Trinajstić information content (AvgIpc) is 2.63. The Morgan fingerprint density at radius 3 is 2.55 bits per heavy atom. The summed E-state index contributed by atoms with van der Waals surface area (Å²) in [5.41, 5.74) is 0.142. The highest BCUT2D eigenvalue weighted by Crippen LogP contribution is 2.29. The largest absolute Gasteiger partial charge is 0.379 e. The first kappa shape index (κ1) is 13.2. The first-order valence-electron chi connectivity index (χ1n) is 6.28. The summed E-state index contributed by atoms with van der Waals surface area (Å²) in [6, 6.07) is 2.64. The Morgan fingerprint density at radius 2 is 1.85 bits per heavy atom. The standard InChI is InChI=1S/C13H13FN2O4/c14-6-1-2-7-8(5-6)13(20)16(12(7)19)9-3-4-10(17)15-11(9)18/h1-2,5,9-11,15,17-18H,3-4H2. The monoisotopic (exact) mass is 280 g/mol. The summed E-state index contributed by atoms with van der Waals surface area (Å²) in [6.45, 7) is 0. The maximum absolute atomic E-state index is 13.2. The SMILES string of the molecule is O=C1c2ccc(F)cc2C(=O)N1C1CCC(O)NC1O. The number of aliphatic hydroxyl groups excluding tert-OH is 2. The van der Waals surface area contributed by atoms with Gasteiger partial charge in [-0.1, -0.05) is 0 Å². The van der Waals surface area contributed by atoms with Gasteiger partial charge in [-0.15, -0.1) is 0 Å². The van der Waals surface area contributed by atoms with Crippen LogP contribution in [0.3, 0.4) is 0 Å². The predicted molar refractivity (Wildman–Crippen MR) is 65.1 cm³/mol. The van der Waals surface area contributed by atoms with Gasteiger partial charge in [0.2, 0.25) is 0 Å². The van der Waals surface area contributed by atoms with Crippen molar-refractivity contribution in [2.45, 2.75) is 31.3 Å². The van der Waals surface area contributed by atoms with E-state index in [1.165, 1.54) is 6.07 Å². The van der Waals surface area contributed by atoms with E-state index in [0.717, 1.165) is 17.0 Å². The molecular weight excluding hydrogens is 267 g/mol. The summed E-state index contributed by atoms with van der Waals surface area (Å²) >= 11 is 0. The van der Waals surface area contributed by atoms with E-state index in [-0.39, 0.29) is 17.5 Å². The van der Waals surface area contributed by atoms with Crippen LogP contribution in [-0.2, 0) is 0 Å². The fourth-order valence-corrected chi connectivity index (χ4v) is 2.68. The number of amides is 2. The van der Waals surface area contributed by atoms with Crippen molar-refractivity contribution in [3.05, 3.63) is 35.1 Å². The van der Waals surface area contributed by atoms with Crippen LogP contribution in [-0.4, -0.2) is 45.4 Å². The summed E-state index contributed by atoms with van der Waals surface area (Å²) in [4.78, 5) is 25.4. The fraction of sp³-hybridized carbons (Fsp3) is 0.385.